The predicted molar refractivity (Wildman–Crippen MR) is 62.6 cm³/mol. The van der Waals surface area contributed by atoms with E-state index >= 15 is 0 Å². The maximum Gasteiger partial charge on any atom is 0.0719 e. The van der Waals surface area contributed by atoms with Crippen LogP contribution in [0.4, 0.5) is 0 Å². The zero-order valence-corrected chi connectivity index (χ0v) is 9.64. The molecule has 0 saturated carbocycles. The summed E-state index contributed by atoms with van der Waals surface area (Å²) < 4.78 is 5.39. The molecule has 0 amide bonds. The lowest BCUT2D eigenvalue weighted by Crippen LogP contribution is -2.09. The Morgan fingerprint density at radius 2 is 2.29 bits per heavy atom. The third-order valence-corrected chi connectivity index (χ3v) is 3.23. The lowest BCUT2D eigenvalue weighted by molar-refractivity contribution is 0.111. The van der Waals surface area contributed by atoms with Gasteiger partial charge in [0.2, 0.25) is 0 Å². The lowest BCUT2D eigenvalue weighted by Gasteiger charge is -2.17. The van der Waals surface area contributed by atoms with Crippen molar-refractivity contribution in [1.29, 1.82) is 0 Å². The highest BCUT2D eigenvalue weighted by molar-refractivity contribution is 9.09. The second-order valence-electron chi connectivity index (χ2n) is 3.52. The summed E-state index contributed by atoms with van der Waals surface area (Å²) in [4.78, 5) is 0. The Morgan fingerprint density at radius 3 is 3.07 bits per heavy atom. The molecule has 0 spiro atoms. The van der Waals surface area contributed by atoms with E-state index in [9.17, 15) is 0 Å². The number of ether oxygens (including phenoxy) is 1. The topological polar surface area (TPSA) is 9.23 Å². The van der Waals surface area contributed by atoms with Gasteiger partial charge in [0.1, 0.15) is 0 Å². The van der Waals surface area contributed by atoms with E-state index in [4.69, 9.17) is 4.74 Å². The van der Waals surface area contributed by atoms with Gasteiger partial charge in [0.15, 0.2) is 0 Å². The van der Waals surface area contributed by atoms with Gasteiger partial charge >= 0.3 is 0 Å². The normalized spacial score (nSPS) is 14.9. The summed E-state index contributed by atoms with van der Waals surface area (Å²) in [5.74, 6) is 0. The van der Waals surface area contributed by atoms with Gasteiger partial charge in [0.25, 0.3) is 0 Å². The molecule has 1 aromatic carbocycles. The molecular weight excluding hydrogens is 240 g/mol. The molecule has 1 heterocycles. The first kappa shape index (κ1) is 9.94. The molecular formula is C12H13BrO. The lowest BCUT2D eigenvalue weighted by atomic mass is 9.98. The average molecular weight is 253 g/mol. The van der Waals surface area contributed by atoms with Crippen LogP contribution in [0.5, 0.6) is 0 Å². The summed E-state index contributed by atoms with van der Waals surface area (Å²) in [6.07, 6.45) is 1.03. The Morgan fingerprint density at radius 1 is 1.43 bits per heavy atom. The predicted octanol–water partition coefficient (Wildman–Crippen LogP) is 3.17. The van der Waals surface area contributed by atoms with Gasteiger partial charge < -0.3 is 4.74 Å². The first-order valence-electron chi connectivity index (χ1n) is 4.75. The van der Waals surface area contributed by atoms with Crippen LogP contribution in [0.2, 0.25) is 0 Å². The van der Waals surface area contributed by atoms with Crippen molar-refractivity contribution in [2.45, 2.75) is 13.0 Å². The molecule has 0 bridgehead atoms. The zero-order valence-electron chi connectivity index (χ0n) is 8.05. The molecule has 0 fully saturated rings. The summed E-state index contributed by atoms with van der Waals surface area (Å²) >= 11 is 3.42. The quantitative estimate of drug-likeness (QED) is 0.735. The minimum Gasteiger partial charge on any atom is -0.376 e. The van der Waals surface area contributed by atoms with Crippen molar-refractivity contribution in [3.05, 3.63) is 41.5 Å². The molecule has 2 rings (SSSR count). The van der Waals surface area contributed by atoms with Crippen molar-refractivity contribution < 1.29 is 4.74 Å². The van der Waals surface area contributed by atoms with Gasteiger partial charge in [-0.1, -0.05) is 40.7 Å². The van der Waals surface area contributed by atoms with Crippen molar-refractivity contribution in [2.24, 2.45) is 0 Å². The van der Waals surface area contributed by atoms with E-state index in [1.165, 1.54) is 16.7 Å². The largest absolute Gasteiger partial charge is 0.376 e. The second-order valence-corrected chi connectivity index (χ2v) is 4.08. The molecule has 0 radical (unpaired) electrons. The number of fused-ring (bicyclic) bond motifs is 1. The number of alkyl halides is 1. The van der Waals surface area contributed by atoms with E-state index < -0.39 is 0 Å². The Kier molecular flexibility index (Phi) is 3.04. The molecule has 14 heavy (non-hydrogen) atoms. The first-order valence-corrected chi connectivity index (χ1v) is 5.87. The minimum absolute atomic E-state index is 0.760. The van der Waals surface area contributed by atoms with Crippen LogP contribution >= 0.6 is 15.9 Å². The highest BCUT2D eigenvalue weighted by Crippen LogP contribution is 2.22. The number of rotatable bonds is 2. The molecule has 1 aliphatic rings. The van der Waals surface area contributed by atoms with Crippen LogP contribution in [-0.2, 0) is 17.8 Å². The van der Waals surface area contributed by atoms with Crippen LogP contribution < -0.4 is 0 Å². The molecule has 1 aromatic rings. The fraction of sp³-hybridized carbons (Fsp3) is 0.333. The molecule has 74 valence electrons. The Bertz CT molecular complexity index is 357. The van der Waals surface area contributed by atoms with Gasteiger partial charge in [0, 0.05) is 5.33 Å². The van der Waals surface area contributed by atoms with Gasteiger partial charge in [-0.05, 0) is 28.7 Å². The highest BCUT2D eigenvalue weighted by atomic mass is 79.9. The standard InChI is InChI=1S/C12H13BrO/c1-9(7-13)10-2-3-12-8-14-5-4-11(12)6-10/h2-3,6H,1,4-5,7-8H2. The molecule has 0 unspecified atom stereocenters. The number of hydrogen-bond acceptors (Lipinski definition) is 1. The molecule has 1 aliphatic heterocycles. The van der Waals surface area contributed by atoms with Crippen LogP contribution in [-0.4, -0.2) is 11.9 Å². The molecule has 2 heteroatoms. The zero-order chi connectivity index (χ0) is 9.97. The first-order chi connectivity index (χ1) is 6.81. The molecule has 1 nitrogen and oxygen atoms in total. The van der Waals surface area contributed by atoms with E-state index in [1.54, 1.807) is 0 Å². The molecule has 0 aromatic heterocycles. The molecule has 0 atom stereocenters. The second kappa shape index (κ2) is 4.28. The third-order valence-electron chi connectivity index (χ3n) is 2.55. The highest BCUT2D eigenvalue weighted by Gasteiger charge is 2.10. The van der Waals surface area contributed by atoms with Crippen molar-refractivity contribution in [3.8, 4) is 0 Å². The monoisotopic (exact) mass is 252 g/mol. The van der Waals surface area contributed by atoms with Crippen molar-refractivity contribution in [2.75, 3.05) is 11.9 Å². The van der Waals surface area contributed by atoms with Gasteiger partial charge in [-0.25, -0.2) is 0 Å². The SMILES string of the molecule is C=C(CBr)c1ccc2c(c1)CCOC2. The molecule has 0 N–H and O–H groups in total. The fourth-order valence-electron chi connectivity index (χ4n) is 1.66. The van der Waals surface area contributed by atoms with Gasteiger partial charge in [-0.2, -0.15) is 0 Å². The van der Waals surface area contributed by atoms with E-state index in [1.807, 2.05) is 0 Å². The Balaban J connectivity index is 2.33. The average Bonchev–Trinajstić information content (AvgIpc) is 2.27. The Labute approximate surface area is 92.9 Å². The molecule has 0 aliphatic carbocycles. The fourth-order valence-corrected chi connectivity index (χ4v) is 1.98. The van der Waals surface area contributed by atoms with Crippen LogP contribution in [0.1, 0.15) is 16.7 Å². The number of allylic oxidation sites excluding steroid dienone is 1. The van der Waals surface area contributed by atoms with Crippen LogP contribution in [0.25, 0.3) is 5.57 Å². The number of benzene rings is 1. The Hall–Kier alpha value is -0.600. The maximum absolute atomic E-state index is 5.39. The smallest absolute Gasteiger partial charge is 0.0719 e. The summed E-state index contributed by atoms with van der Waals surface area (Å²) in [7, 11) is 0. The third kappa shape index (κ3) is 1.91. The number of hydrogen-bond donors (Lipinski definition) is 0. The van der Waals surface area contributed by atoms with Gasteiger partial charge in [-0.3, -0.25) is 0 Å². The van der Waals surface area contributed by atoms with E-state index in [0.29, 0.717) is 0 Å². The van der Waals surface area contributed by atoms with Crippen LogP contribution in [0.3, 0.4) is 0 Å². The molecule has 0 saturated heterocycles. The van der Waals surface area contributed by atoms with Crippen molar-refractivity contribution in [1.82, 2.24) is 0 Å². The van der Waals surface area contributed by atoms with Crippen molar-refractivity contribution in [3.63, 3.8) is 0 Å². The maximum atomic E-state index is 5.39. The number of halogens is 1. The summed E-state index contributed by atoms with van der Waals surface area (Å²) in [5, 5.41) is 0.836. The summed E-state index contributed by atoms with van der Waals surface area (Å²) in [6.45, 7) is 5.62. The van der Waals surface area contributed by atoms with Crippen LogP contribution in [0.15, 0.2) is 24.8 Å². The van der Waals surface area contributed by atoms with Crippen molar-refractivity contribution >= 4 is 21.5 Å². The minimum atomic E-state index is 0.760. The summed E-state index contributed by atoms with van der Waals surface area (Å²) in [5.41, 5.74) is 5.11. The van der Waals surface area contributed by atoms with Crippen LogP contribution in [0, 0.1) is 0 Å². The van der Waals surface area contributed by atoms with E-state index in [0.717, 1.165) is 30.5 Å². The summed E-state index contributed by atoms with van der Waals surface area (Å²) in [6, 6.07) is 6.51. The van der Waals surface area contributed by atoms with E-state index in [-0.39, 0.29) is 0 Å². The van der Waals surface area contributed by atoms with Gasteiger partial charge in [-0.15, -0.1) is 0 Å². The van der Waals surface area contributed by atoms with E-state index in [2.05, 4.69) is 40.7 Å². The van der Waals surface area contributed by atoms with Gasteiger partial charge in [0.05, 0.1) is 13.2 Å².